The monoisotopic (exact) mass is 515 g/mol. The average molecular weight is 516 g/mol. The van der Waals surface area contributed by atoms with E-state index in [0.29, 0.717) is 23.6 Å². The molecule has 0 spiro atoms. The van der Waals surface area contributed by atoms with Crippen molar-refractivity contribution in [2.45, 2.75) is 0 Å². The highest BCUT2D eigenvalue weighted by molar-refractivity contribution is 6.02. The van der Waals surface area contributed by atoms with E-state index in [1.54, 1.807) is 35.1 Å². The van der Waals surface area contributed by atoms with Gasteiger partial charge in [0.05, 0.1) is 45.6 Å². The van der Waals surface area contributed by atoms with Gasteiger partial charge < -0.3 is 25.2 Å². The summed E-state index contributed by atoms with van der Waals surface area (Å²) in [5.41, 5.74) is 3.54. The van der Waals surface area contributed by atoms with E-state index in [2.05, 4.69) is 32.3 Å². The van der Waals surface area contributed by atoms with Crippen LogP contribution in [0.15, 0.2) is 79.8 Å². The number of fused-ring (bicyclic) bond motifs is 1. The molecule has 0 aliphatic rings. The third-order valence-electron chi connectivity index (χ3n) is 5.75. The highest BCUT2D eigenvalue weighted by Gasteiger charge is 2.17. The maximum Gasteiger partial charge on any atom is 0.248 e. The molecule has 4 aromatic rings. The first-order valence-electron chi connectivity index (χ1n) is 13.4. The van der Waals surface area contributed by atoms with E-state index in [1.807, 2.05) is 55.3 Å². The smallest absolute Gasteiger partial charge is 0.248 e. The number of ether oxygens (including phenoxy) is 1. The van der Waals surface area contributed by atoms with Crippen molar-refractivity contribution in [3.8, 4) is 17.0 Å². The summed E-state index contributed by atoms with van der Waals surface area (Å²) in [6.07, 6.45) is 9.52. The van der Waals surface area contributed by atoms with Crippen molar-refractivity contribution in [2.24, 2.45) is 0 Å². The number of anilines is 4. The molecule has 0 radical (unpaired) electrons. The van der Waals surface area contributed by atoms with Crippen molar-refractivity contribution < 1.29 is 13.6 Å². The summed E-state index contributed by atoms with van der Waals surface area (Å²) < 4.78 is 30.4. The highest BCUT2D eigenvalue weighted by atomic mass is 16.5. The summed E-state index contributed by atoms with van der Waals surface area (Å²) in [6.45, 7) is 4.92. The third-order valence-corrected chi connectivity index (χ3v) is 5.75. The molecule has 0 aliphatic heterocycles. The molecule has 0 unspecified atom stereocenters. The Kier molecular flexibility index (Phi) is 7.12. The first-order chi connectivity index (χ1) is 19.5. The van der Waals surface area contributed by atoms with Gasteiger partial charge in [0.15, 0.2) is 0 Å². The van der Waals surface area contributed by atoms with Crippen LogP contribution in [0.5, 0.6) is 5.75 Å². The summed E-state index contributed by atoms with van der Waals surface area (Å²) in [5.74, 6) is -0.138. The van der Waals surface area contributed by atoms with Crippen LogP contribution in [0.3, 0.4) is 0 Å². The van der Waals surface area contributed by atoms with E-state index >= 15 is 0 Å². The van der Waals surface area contributed by atoms with Gasteiger partial charge in [0.1, 0.15) is 5.75 Å². The molecule has 1 aromatic carbocycles. The fraction of sp³-hybridized carbons (Fsp3) is 0.214. The molecule has 0 saturated carbocycles. The van der Waals surface area contributed by atoms with Gasteiger partial charge in [-0.2, -0.15) is 5.10 Å². The standard InChI is InChI=1S/C28H32N8O2/c1-6-7-11-27(37)31-22-17-23(26(38-5)18-25(22)35(4)16-15-34(2)3)33-28-29-13-12-21(32-28)20-19-30-36-14-9-8-10-24(20)36/h6-14,17-19H,1,15-16H2,2-5H3,(H,31,37)(H,29,32,33)/b11-7+/i5D3. The Morgan fingerprint density at radius 1 is 1.21 bits per heavy atom. The number of methoxy groups -OCH3 is 1. The number of aromatic nitrogens is 4. The summed E-state index contributed by atoms with van der Waals surface area (Å²) in [5, 5.41) is 10.3. The van der Waals surface area contributed by atoms with Gasteiger partial charge >= 0.3 is 0 Å². The molecule has 2 N–H and O–H groups in total. The van der Waals surface area contributed by atoms with Crippen molar-refractivity contribution in [2.75, 3.05) is 56.8 Å². The molecule has 3 heterocycles. The van der Waals surface area contributed by atoms with Crippen LogP contribution in [-0.2, 0) is 4.79 Å². The largest absolute Gasteiger partial charge is 0.494 e. The number of hydrogen-bond donors (Lipinski definition) is 2. The van der Waals surface area contributed by atoms with Crippen LogP contribution in [0.25, 0.3) is 16.8 Å². The van der Waals surface area contributed by atoms with E-state index in [0.717, 1.165) is 17.6 Å². The number of pyridine rings is 1. The summed E-state index contributed by atoms with van der Waals surface area (Å²) in [7, 11) is 3.03. The van der Waals surface area contributed by atoms with Crippen LogP contribution in [0.4, 0.5) is 23.0 Å². The number of nitrogens with zero attached hydrogens (tertiary/aromatic N) is 6. The normalized spacial score (nSPS) is 12.7. The van der Waals surface area contributed by atoms with Gasteiger partial charge in [-0.25, -0.2) is 14.5 Å². The van der Waals surface area contributed by atoms with Crippen LogP contribution in [0.2, 0.25) is 0 Å². The summed E-state index contributed by atoms with van der Waals surface area (Å²) in [4.78, 5) is 25.5. The Hall–Kier alpha value is -4.70. The number of hydrogen-bond acceptors (Lipinski definition) is 8. The highest BCUT2D eigenvalue weighted by Crippen LogP contribution is 2.38. The number of rotatable bonds is 11. The zero-order chi connectivity index (χ0) is 29.6. The summed E-state index contributed by atoms with van der Waals surface area (Å²) in [6, 6.07) is 10.7. The van der Waals surface area contributed by atoms with Crippen LogP contribution in [0, 0.1) is 0 Å². The van der Waals surface area contributed by atoms with Crippen LogP contribution >= 0.6 is 0 Å². The predicted molar refractivity (Wildman–Crippen MR) is 152 cm³/mol. The molecule has 4 rings (SSSR count). The fourth-order valence-corrected chi connectivity index (χ4v) is 3.79. The third kappa shape index (κ3) is 6.16. The molecule has 196 valence electrons. The lowest BCUT2D eigenvalue weighted by molar-refractivity contribution is -0.111. The Morgan fingerprint density at radius 3 is 2.87 bits per heavy atom. The fourth-order valence-electron chi connectivity index (χ4n) is 3.79. The van der Waals surface area contributed by atoms with Crippen molar-refractivity contribution in [3.63, 3.8) is 0 Å². The lowest BCUT2D eigenvalue weighted by Gasteiger charge is -2.26. The van der Waals surface area contributed by atoms with Gasteiger partial charge in [-0.15, -0.1) is 0 Å². The van der Waals surface area contributed by atoms with E-state index in [1.165, 1.54) is 18.2 Å². The predicted octanol–water partition coefficient (Wildman–Crippen LogP) is 4.22. The second-order valence-corrected chi connectivity index (χ2v) is 8.76. The van der Waals surface area contributed by atoms with Gasteiger partial charge in [0, 0.05) is 50.2 Å². The van der Waals surface area contributed by atoms with Crippen molar-refractivity contribution in [1.29, 1.82) is 0 Å². The zero-order valence-corrected chi connectivity index (χ0v) is 21.5. The van der Waals surface area contributed by atoms with Gasteiger partial charge in [-0.1, -0.05) is 24.8 Å². The molecule has 10 heteroatoms. The van der Waals surface area contributed by atoms with Gasteiger partial charge in [-0.05, 0) is 38.4 Å². The van der Waals surface area contributed by atoms with Gasteiger partial charge in [-0.3, -0.25) is 4.79 Å². The zero-order valence-electron chi connectivity index (χ0n) is 24.5. The lowest BCUT2D eigenvalue weighted by Crippen LogP contribution is -2.29. The molecule has 1 amide bonds. The number of carbonyl (C=O) groups is 1. The second kappa shape index (κ2) is 12.0. The number of amides is 1. The van der Waals surface area contributed by atoms with E-state index in [-0.39, 0.29) is 23.3 Å². The van der Waals surface area contributed by atoms with Gasteiger partial charge in [0.2, 0.25) is 11.9 Å². The number of allylic oxidation sites excluding steroid dienone is 2. The minimum atomic E-state index is -2.73. The average Bonchev–Trinajstić information content (AvgIpc) is 3.35. The second-order valence-electron chi connectivity index (χ2n) is 8.76. The maximum atomic E-state index is 12.6. The first kappa shape index (κ1) is 22.5. The quantitative estimate of drug-likeness (QED) is 0.226. The van der Waals surface area contributed by atoms with Crippen molar-refractivity contribution in [3.05, 3.63) is 79.8 Å². The van der Waals surface area contributed by atoms with Crippen molar-refractivity contribution >= 4 is 34.4 Å². The maximum absolute atomic E-state index is 12.6. The Balaban J connectivity index is 1.76. The van der Waals surface area contributed by atoms with E-state index < -0.39 is 7.04 Å². The Morgan fingerprint density at radius 2 is 2.08 bits per heavy atom. The van der Waals surface area contributed by atoms with Gasteiger partial charge in [0.25, 0.3) is 0 Å². The molecule has 0 atom stereocenters. The molecule has 0 aliphatic carbocycles. The molecule has 38 heavy (non-hydrogen) atoms. The molecule has 10 nitrogen and oxygen atoms in total. The number of nitrogens with one attached hydrogen (secondary N) is 2. The summed E-state index contributed by atoms with van der Waals surface area (Å²) >= 11 is 0. The number of carbonyl (C=O) groups excluding carboxylic acids is 1. The van der Waals surface area contributed by atoms with Crippen LogP contribution in [-0.4, -0.2) is 71.7 Å². The molecule has 0 fully saturated rings. The topological polar surface area (TPSA) is 99.9 Å². The molecule has 0 saturated heterocycles. The Bertz CT molecular complexity index is 1570. The lowest BCUT2D eigenvalue weighted by atomic mass is 10.2. The molecular formula is C28H32N8O2. The first-order valence-corrected chi connectivity index (χ1v) is 11.9. The van der Waals surface area contributed by atoms with Crippen molar-refractivity contribution in [1.82, 2.24) is 24.5 Å². The Labute approximate surface area is 226 Å². The van der Waals surface area contributed by atoms with Crippen LogP contribution < -0.4 is 20.3 Å². The number of benzene rings is 1. The molecule has 3 aromatic heterocycles. The molecule has 0 bridgehead atoms. The SMILES string of the molecule is [2H]C([2H])([2H])Oc1cc(N(C)CCN(C)C)c(NC(=O)/C=C/C=C)cc1Nc1nccc(-c2cnn3ccccc23)n1. The minimum absolute atomic E-state index is 0.0429. The van der Waals surface area contributed by atoms with E-state index in [9.17, 15) is 4.79 Å². The van der Waals surface area contributed by atoms with Crippen LogP contribution in [0.1, 0.15) is 4.11 Å². The number of likely N-dealkylation sites (N-methyl/N-ethyl adjacent to an activating group) is 2. The minimum Gasteiger partial charge on any atom is -0.494 e. The van der Waals surface area contributed by atoms with E-state index in [4.69, 9.17) is 8.85 Å². The molecular weight excluding hydrogens is 480 g/mol.